The standard InChI is InChI=1S/C19H26N4O3/c1-4-14-10-15-16(21-17(14)24)9-13(11-20-15)12-22-5-7-23(8-6-22)18(25)19(2,3)26/h9-11,26H,4-8,12H2,1-3H3,(H,21,24). The van der Waals surface area contributed by atoms with E-state index in [1.54, 1.807) is 4.90 Å². The molecule has 2 aromatic heterocycles. The fraction of sp³-hybridized carbons (Fsp3) is 0.526. The zero-order chi connectivity index (χ0) is 18.9. The fourth-order valence-corrected chi connectivity index (χ4v) is 3.27. The van der Waals surface area contributed by atoms with E-state index >= 15 is 0 Å². The average Bonchev–Trinajstić information content (AvgIpc) is 2.60. The van der Waals surface area contributed by atoms with E-state index in [2.05, 4.69) is 14.9 Å². The lowest BCUT2D eigenvalue weighted by Crippen LogP contribution is -2.53. The minimum Gasteiger partial charge on any atom is -0.381 e. The van der Waals surface area contributed by atoms with Crippen molar-refractivity contribution in [1.29, 1.82) is 0 Å². The van der Waals surface area contributed by atoms with Gasteiger partial charge in [-0.1, -0.05) is 6.92 Å². The first kappa shape index (κ1) is 18.5. The van der Waals surface area contributed by atoms with Gasteiger partial charge in [-0.2, -0.15) is 0 Å². The van der Waals surface area contributed by atoms with Gasteiger partial charge >= 0.3 is 0 Å². The third-order valence-electron chi connectivity index (χ3n) is 4.80. The molecule has 7 nitrogen and oxygen atoms in total. The van der Waals surface area contributed by atoms with Crippen molar-refractivity contribution in [2.45, 2.75) is 39.3 Å². The largest absolute Gasteiger partial charge is 0.381 e. The van der Waals surface area contributed by atoms with Crippen molar-refractivity contribution in [3.8, 4) is 0 Å². The average molecular weight is 358 g/mol. The van der Waals surface area contributed by atoms with Crippen molar-refractivity contribution >= 4 is 16.9 Å². The van der Waals surface area contributed by atoms with E-state index in [0.717, 1.165) is 35.2 Å². The first-order valence-corrected chi connectivity index (χ1v) is 9.03. The monoisotopic (exact) mass is 358 g/mol. The maximum absolute atomic E-state index is 12.1. The second-order valence-electron chi connectivity index (χ2n) is 7.38. The molecule has 1 saturated heterocycles. The summed E-state index contributed by atoms with van der Waals surface area (Å²) in [7, 11) is 0. The molecule has 7 heteroatoms. The number of H-pyrrole nitrogens is 1. The molecular weight excluding hydrogens is 332 g/mol. The minimum atomic E-state index is -1.33. The van der Waals surface area contributed by atoms with Crippen LogP contribution in [0.3, 0.4) is 0 Å². The van der Waals surface area contributed by atoms with Gasteiger partial charge in [0, 0.05) is 44.5 Å². The van der Waals surface area contributed by atoms with Gasteiger partial charge in [0.1, 0.15) is 5.60 Å². The summed E-state index contributed by atoms with van der Waals surface area (Å²) < 4.78 is 0. The Kier molecular flexibility index (Phi) is 5.11. The summed E-state index contributed by atoms with van der Waals surface area (Å²) in [5.41, 5.74) is 1.93. The van der Waals surface area contributed by atoms with Crippen molar-refractivity contribution in [2.24, 2.45) is 0 Å². The quantitative estimate of drug-likeness (QED) is 0.848. The third-order valence-corrected chi connectivity index (χ3v) is 4.80. The van der Waals surface area contributed by atoms with E-state index in [1.807, 2.05) is 25.3 Å². The van der Waals surface area contributed by atoms with Crippen molar-refractivity contribution in [1.82, 2.24) is 19.8 Å². The Labute approximate surface area is 152 Å². The molecule has 140 valence electrons. The molecule has 1 aliphatic heterocycles. The Bertz CT molecular complexity index is 861. The van der Waals surface area contributed by atoms with Crippen molar-refractivity contribution in [3.05, 3.63) is 39.8 Å². The summed E-state index contributed by atoms with van der Waals surface area (Å²) in [4.78, 5) is 35.5. The lowest BCUT2D eigenvalue weighted by molar-refractivity contribution is -0.149. The maximum atomic E-state index is 12.1. The van der Waals surface area contributed by atoms with Gasteiger partial charge in [0.25, 0.3) is 11.5 Å². The molecule has 2 aromatic rings. The number of rotatable bonds is 4. The molecule has 0 aliphatic carbocycles. The van der Waals surface area contributed by atoms with Crippen LogP contribution in [0.2, 0.25) is 0 Å². The number of carbonyl (C=O) groups is 1. The molecule has 0 unspecified atom stereocenters. The van der Waals surface area contributed by atoms with Gasteiger partial charge in [-0.15, -0.1) is 0 Å². The SMILES string of the molecule is CCc1cc2ncc(CN3CCN(C(=O)C(C)(C)O)CC3)cc2[nH]c1=O. The molecule has 1 fully saturated rings. The van der Waals surface area contributed by atoms with Gasteiger partial charge in [0.2, 0.25) is 0 Å². The van der Waals surface area contributed by atoms with E-state index < -0.39 is 5.60 Å². The zero-order valence-corrected chi connectivity index (χ0v) is 15.6. The van der Waals surface area contributed by atoms with Crippen LogP contribution in [0.25, 0.3) is 11.0 Å². The summed E-state index contributed by atoms with van der Waals surface area (Å²) in [5.74, 6) is -0.228. The van der Waals surface area contributed by atoms with E-state index in [0.29, 0.717) is 26.1 Å². The Hall–Kier alpha value is -2.25. The Balaban J connectivity index is 1.67. The van der Waals surface area contributed by atoms with Crippen molar-refractivity contribution in [2.75, 3.05) is 26.2 Å². The van der Waals surface area contributed by atoms with Crippen LogP contribution in [0.4, 0.5) is 0 Å². The summed E-state index contributed by atoms with van der Waals surface area (Å²) in [6.07, 6.45) is 2.52. The lowest BCUT2D eigenvalue weighted by Gasteiger charge is -2.37. The molecule has 0 aromatic carbocycles. The molecule has 3 heterocycles. The van der Waals surface area contributed by atoms with Crippen LogP contribution in [0, 0.1) is 0 Å². The Morgan fingerprint density at radius 3 is 2.58 bits per heavy atom. The number of hydrogen-bond acceptors (Lipinski definition) is 5. The fourth-order valence-electron chi connectivity index (χ4n) is 3.27. The van der Waals surface area contributed by atoms with Crippen LogP contribution in [0.1, 0.15) is 31.9 Å². The maximum Gasteiger partial charge on any atom is 0.254 e. The van der Waals surface area contributed by atoms with Gasteiger partial charge in [0.15, 0.2) is 0 Å². The van der Waals surface area contributed by atoms with Crippen LogP contribution in [-0.2, 0) is 17.8 Å². The second-order valence-corrected chi connectivity index (χ2v) is 7.38. The smallest absolute Gasteiger partial charge is 0.254 e. The number of nitrogens with zero attached hydrogens (tertiary/aromatic N) is 3. The number of aliphatic hydroxyl groups is 1. The Morgan fingerprint density at radius 2 is 1.96 bits per heavy atom. The highest BCUT2D eigenvalue weighted by Crippen LogP contribution is 2.15. The molecular formula is C19H26N4O3. The normalized spacial score (nSPS) is 16.2. The van der Waals surface area contributed by atoms with Gasteiger partial charge in [-0.3, -0.25) is 19.5 Å². The lowest BCUT2D eigenvalue weighted by atomic mass is 10.1. The molecule has 26 heavy (non-hydrogen) atoms. The van der Waals surface area contributed by atoms with E-state index in [-0.39, 0.29) is 11.5 Å². The van der Waals surface area contributed by atoms with E-state index in [9.17, 15) is 14.7 Å². The predicted octanol–water partition coefficient (Wildman–Crippen LogP) is 0.901. The predicted molar refractivity (Wildman–Crippen MR) is 99.9 cm³/mol. The highest BCUT2D eigenvalue weighted by Gasteiger charge is 2.31. The highest BCUT2D eigenvalue weighted by atomic mass is 16.3. The van der Waals surface area contributed by atoms with E-state index in [4.69, 9.17) is 0 Å². The van der Waals surface area contributed by atoms with E-state index in [1.165, 1.54) is 13.8 Å². The number of nitrogens with one attached hydrogen (secondary N) is 1. The zero-order valence-electron chi connectivity index (χ0n) is 15.6. The molecule has 3 rings (SSSR count). The third kappa shape index (κ3) is 3.94. The second kappa shape index (κ2) is 7.17. The van der Waals surface area contributed by atoms with Gasteiger partial charge in [0.05, 0.1) is 11.0 Å². The number of piperazine rings is 1. The minimum absolute atomic E-state index is 0.0577. The summed E-state index contributed by atoms with van der Waals surface area (Å²) in [5, 5.41) is 9.86. The Morgan fingerprint density at radius 1 is 1.27 bits per heavy atom. The molecule has 2 N–H and O–H groups in total. The first-order chi connectivity index (χ1) is 12.3. The van der Waals surface area contributed by atoms with Crippen LogP contribution in [-0.4, -0.2) is 62.6 Å². The molecule has 1 amide bonds. The van der Waals surface area contributed by atoms with Crippen LogP contribution >= 0.6 is 0 Å². The number of aromatic nitrogens is 2. The van der Waals surface area contributed by atoms with Crippen LogP contribution in [0.15, 0.2) is 23.1 Å². The van der Waals surface area contributed by atoms with Crippen LogP contribution < -0.4 is 5.56 Å². The van der Waals surface area contributed by atoms with Crippen molar-refractivity contribution in [3.63, 3.8) is 0 Å². The van der Waals surface area contributed by atoms with Crippen molar-refractivity contribution < 1.29 is 9.90 Å². The molecule has 0 saturated carbocycles. The number of pyridine rings is 2. The molecule has 0 atom stereocenters. The topological polar surface area (TPSA) is 89.5 Å². The highest BCUT2D eigenvalue weighted by molar-refractivity contribution is 5.84. The van der Waals surface area contributed by atoms with Gasteiger partial charge in [-0.05, 0) is 38.0 Å². The summed E-state index contributed by atoms with van der Waals surface area (Å²) in [6, 6.07) is 3.82. The molecule has 1 aliphatic rings. The number of hydrogen-bond donors (Lipinski definition) is 2. The number of fused-ring (bicyclic) bond motifs is 1. The molecule has 0 radical (unpaired) electrons. The summed E-state index contributed by atoms with van der Waals surface area (Å²) in [6.45, 7) is 8.38. The molecule has 0 spiro atoms. The number of aryl methyl sites for hydroxylation is 1. The van der Waals surface area contributed by atoms with Gasteiger partial charge < -0.3 is 15.0 Å². The molecule has 0 bridgehead atoms. The first-order valence-electron chi connectivity index (χ1n) is 9.03. The number of amides is 1. The van der Waals surface area contributed by atoms with Crippen LogP contribution in [0.5, 0.6) is 0 Å². The van der Waals surface area contributed by atoms with Gasteiger partial charge in [-0.25, -0.2) is 0 Å². The number of carbonyl (C=O) groups excluding carboxylic acids is 1. The summed E-state index contributed by atoms with van der Waals surface area (Å²) >= 11 is 0. The number of aromatic amines is 1.